The molecule has 0 bridgehead atoms. The van der Waals surface area contributed by atoms with E-state index in [0.29, 0.717) is 0 Å². The molecular formula is C13H21N3O2S2. The number of rotatable bonds is 5. The number of aromatic nitrogens is 1. The minimum Gasteiger partial charge on any atom is -0.297 e. The largest absolute Gasteiger partial charge is 0.297 e. The molecule has 2 heterocycles. The van der Waals surface area contributed by atoms with Gasteiger partial charge in [-0.25, -0.2) is 18.1 Å². The second-order valence-corrected chi connectivity index (χ2v) is 8.83. The van der Waals surface area contributed by atoms with Gasteiger partial charge >= 0.3 is 0 Å². The molecule has 2 aliphatic rings. The van der Waals surface area contributed by atoms with Crippen LogP contribution < -0.4 is 4.72 Å². The van der Waals surface area contributed by atoms with Gasteiger partial charge in [0, 0.05) is 31.1 Å². The Balaban J connectivity index is 1.47. The molecule has 0 unspecified atom stereocenters. The van der Waals surface area contributed by atoms with Gasteiger partial charge in [-0.1, -0.05) is 0 Å². The van der Waals surface area contributed by atoms with Crippen molar-refractivity contribution in [1.29, 1.82) is 0 Å². The highest BCUT2D eigenvalue weighted by Crippen LogP contribution is 2.28. The molecule has 0 aromatic carbocycles. The lowest BCUT2D eigenvalue weighted by Gasteiger charge is -2.31. The van der Waals surface area contributed by atoms with Crippen molar-refractivity contribution in [3.05, 3.63) is 16.1 Å². The molecule has 1 aromatic heterocycles. The third-order valence-corrected chi connectivity index (χ3v) is 6.77. The minimum absolute atomic E-state index is 0.112. The van der Waals surface area contributed by atoms with Crippen molar-refractivity contribution < 1.29 is 8.42 Å². The van der Waals surface area contributed by atoms with Crippen LogP contribution in [0.4, 0.5) is 0 Å². The van der Waals surface area contributed by atoms with Crippen LogP contribution in [0.15, 0.2) is 5.38 Å². The Morgan fingerprint density at radius 3 is 2.60 bits per heavy atom. The fraction of sp³-hybridized carbons (Fsp3) is 0.769. The lowest BCUT2D eigenvalue weighted by atomic mass is 10.1. The highest BCUT2D eigenvalue weighted by molar-refractivity contribution is 7.90. The second kappa shape index (κ2) is 5.71. The summed E-state index contributed by atoms with van der Waals surface area (Å²) in [6.07, 6.45) is 3.46. The topological polar surface area (TPSA) is 62.3 Å². The third-order valence-electron chi connectivity index (χ3n) is 3.93. The lowest BCUT2D eigenvalue weighted by molar-refractivity contribution is 0.198. The van der Waals surface area contributed by atoms with Gasteiger partial charge in [0.25, 0.3) is 0 Å². The number of nitrogens with one attached hydrogen (secondary N) is 1. The molecule has 1 N–H and O–H groups in total. The maximum Gasteiger partial charge on any atom is 0.214 e. The van der Waals surface area contributed by atoms with Crippen molar-refractivity contribution in [1.82, 2.24) is 14.6 Å². The van der Waals surface area contributed by atoms with Crippen molar-refractivity contribution >= 4 is 21.4 Å². The summed E-state index contributed by atoms with van der Waals surface area (Å²) in [5, 5.41) is 3.10. The number of hydrogen-bond donors (Lipinski definition) is 1. The van der Waals surface area contributed by atoms with Crippen LogP contribution in [-0.2, 0) is 16.6 Å². The van der Waals surface area contributed by atoms with Gasteiger partial charge < -0.3 is 0 Å². The van der Waals surface area contributed by atoms with Gasteiger partial charge in [-0.2, -0.15) is 0 Å². The monoisotopic (exact) mass is 315 g/mol. The Morgan fingerprint density at radius 1 is 1.35 bits per heavy atom. The molecule has 1 saturated carbocycles. The van der Waals surface area contributed by atoms with Crippen LogP contribution in [0.2, 0.25) is 0 Å². The van der Waals surface area contributed by atoms with Crippen molar-refractivity contribution in [2.75, 3.05) is 13.1 Å². The van der Waals surface area contributed by atoms with Crippen molar-refractivity contribution in [3.8, 4) is 0 Å². The number of sulfonamides is 1. The Morgan fingerprint density at radius 2 is 2.05 bits per heavy atom. The van der Waals surface area contributed by atoms with Gasteiger partial charge in [0.1, 0.15) is 0 Å². The van der Waals surface area contributed by atoms with Crippen molar-refractivity contribution in [3.63, 3.8) is 0 Å². The Bertz CT molecular complexity index is 558. The van der Waals surface area contributed by atoms with E-state index >= 15 is 0 Å². The smallest absolute Gasteiger partial charge is 0.214 e. The van der Waals surface area contributed by atoms with Gasteiger partial charge in [-0.3, -0.25) is 4.90 Å². The Hall–Kier alpha value is -0.500. The molecule has 1 aromatic rings. The lowest BCUT2D eigenvalue weighted by Crippen LogP contribution is -2.45. The number of aryl methyl sites for hydroxylation is 1. The van der Waals surface area contributed by atoms with E-state index in [0.717, 1.165) is 56.0 Å². The molecule has 5 nitrogen and oxygen atoms in total. The maximum absolute atomic E-state index is 11.9. The highest BCUT2D eigenvalue weighted by Gasteiger charge is 2.37. The van der Waals surface area contributed by atoms with Crippen molar-refractivity contribution in [2.24, 2.45) is 0 Å². The average Bonchev–Trinajstić information content (AvgIpc) is 3.17. The second-order valence-electron chi connectivity index (χ2n) is 5.77. The van der Waals surface area contributed by atoms with Crippen LogP contribution in [0.1, 0.15) is 36.4 Å². The van der Waals surface area contributed by atoms with Crippen LogP contribution >= 0.6 is 11.3 Å². The first-order valence-electron chi connectivity index (χ1n) is 7.17. The molecule has 20 heavy (non-hydrogen) atoms. The molecule has 0 radical (unpaired) electrons. The average molecular weight is 315 g/mol. The first kappa shape index (κ1) is 14.4. The number of hydrogen-bond acceptors (Lipinski definition) is 5. The fourth-order valence-electron chi connectivity index (χ4n) is 2.63. The van der Waals surface area contributed by atoms with Gasteiger partial charge in [0.2, 0.25) is 10.0 Å². The van der Waals surface area contributed by atoms with Crippen LogP contribution in [0.25, 0.3) is 0 Å². The van der Waals surface area contributed by atoms with Crippen LogP contribution in [0.3, 0.4) is 0 Å². The van der Waals surface area contributed by atoms with E-state index in [-0.39, 0.29) is 11.3 Å². The Labute approximate surface area is 124 Å². The summed E-state index contributed by atoms with van der Waals surface area (Å²) < 4.78 is 26.7. The SMILES string of the molecule is Cc1nc(CN2CCC(NS(=O)(=O)C3CC3)CC2)cs1. The quantitative estimate of drug-likeness (QED) is 0.894. The standard InChI is InChI=1S/C13H21N3O2S2/c1-10-14-12(9-19-10)8-16-6-4-11(5-7-16)15-20(17,18)13-2-3-13/h9,11,13,15H,2-8H2,1H3. The maximum atomic E-state index is 11.9. The van der Waals surface area contributed by atoms with Gasteiger partial charge in [0.15, 0.2) is 0 Å². The molecule has 1 aliphatic carbocycles. The third kappa shape index (κ3) is 3.58. The van der Waals surface area contributed by atoms with E-state index in [1.807, 2.05) is 6.92 Å². The fourth-order valence-corrected chi connectivity index (χ4v) is 4.88. The summed E-state index contributed by atoms with van der Waals surface area (Å²) in [5.41, 5.74) is 1.13. The molecule has 1 aliphatic heterocycles. The summed E-state index contributed by atoms with van der Waals surface area (Å²) >= 11 is 1.68. The molecule has 3 rings (SSSR count). The molecule has 2 fully saturated rings. The first-order chi connectivity index (χ1) is 9.53. The minimum atomic E-state index is -3.04. The van der Waals surface area contributed by atoms with Gasteiger partial charge in [0.05, 0.1) is 16.0 Å². The molecule has 1 saturated heterocycles. The predicted octanol–water partition coefficient (Wildman–Crippen LogP) is 1.50. The zero-order valence-corrected chi connectivity index (χ0v) is 13.3. The van der Waals surface area contributed by atoms with Crippen LogP contribution in [0, 0.1) is 6.92 Å². The number of nitrogens with zero attached hydrogens (tertiary/aromatic N) is 2. The summed E-state index contributed by atoms with van der Waals surface area (Å²) in [6.45, 7) is 4.78. The summed E-state index contributed by atoms with van der Waals surface area (Å²) in [4.78, 5) is 6.84. The normalized spacial score (nSPS) is 22.2. The van der Waals surface area contributed by atoms with E-state index < -0.39 is 10.0 Å². The molecule has 0 amide bonds. The van der Waals surface area contributed by atoms with E-state index in [9.17, 15) is 8.42 Å². The van der Waals surface area contributed by atoms with Crippen LogP contribution in [0.5, 0.6) is 0 Å². The number of thiazole rings is 1. The van der Waals surface area contributed by atoms with E-state index in [1.54, 1.807) is 11.3 Å². The molecule has 112 valence electrons. The number of likely N-dealkylation sites (tertiary alicyclic amines) is 1. The van der Waals surface area contributed by atoms with E-state index in [1.165, 1.54) is 0 Å². The highest BCUT2D eigenvalue weighted by atomic mass is 32.2. The summed E-state index contributed by atoms with van der Waals surface area (Å²) in [5.74, 6) is 0. The van der Waals surface area contributed by atoms with Crippen LogP contribution in [-0.4, -0.2) is 42.7 Å². The zero-order valence-electron chi connectivity index (χ0n) is 11.7. The molecule has 0 atom stereocenters. The number of piperidine rings is 1. The Kier molecular flexibility index (Phi) is 4.12. The predicted molar refractivity (Wildman–Crippen MR) is 80.2 cm³/mol. The molecule has 0 spiro atoms. The summed E-state index contributed by atoms with van der Waals surface area (Å²) in [7, 11) is -3.04. The molecule has 7 heteroatoms. The van der Waals surface area contributed by atoms with Crippen molar-refractivity contribution in [2.45, 2.75) is 50.4 Å². The van der Waals surface area contributed by atoms with Gasteiger partial charge in [-0.15, -0.1) is 11.3 Å². The first-order valence-corrected chi connectivity index (χ1v) is 9.60. The van der Waals surface area contributed by atoms with E-state index in [2.05, 4.69) is 20.0 Å². The van der Waals surface area contributed by atoms with Gasteiger partial charge in [-0.05, 0) is 32.6 Å². The zero-order chi connectivity index (χ0) is 14.2. The summed E-state index contributed by atoms with van der Waals surface area (Å²) in [6, 6.07) is 0.119. The van der Waals surface area contributed by atoms with E-state index in [4.69, 9.17) is 0 Å². The molecular weight excluding hydrogens is 294 g/mol.